The molecule has 2 atom stereocenters. The van der Waals surface area contributed by atoms with Crippen LogP contribution in [0, 0.1) is 5.92 Å². The van der Waals surface area contributed by atoms with Gasteiger partial charge in [0.05, 0.1) is 0 Å². The van der Waals surface area contributed by atoms with Crippen LogP contribution in [0.2, 0.25) is 0 Å². The molecule has 2 unspecified atom stereocenters. The second-order valence-corrected chi connectivity index (χ2v) is 6.05. The molecular formula is C11H21NS. The Morgan fingerprint density at radius 1 is 1.00 bits per heavy atom. The smallest absolute Gasteiger partial charge is 0.00901 e. The van der Waals surface area contributed by atoms with Gasteiger partial charge in [0.15, 0.2) is 0 Å². The summed E-state index contributed by atoms with van der Waals surface area (Å²) in [5.41, 5.74) is 5.79. The summed E-state index contributed by atoms with van der Waals surface area (Å²) in [5, 5.41) is 1.89. The molecule has 1 nitrogen and oxygen atoms in total. The van der Waals surface area contributed by atoms with Gasteiger partial charge >= 0.3 is 0 Å². The van der Waals surface area contributed by atoms with E-state index in [1.807, 2.05) is 0 Å². The summed E-state index contributed by atoms with van der Waals surface area (Å²) < 4.78 is 0. The van der Waals surface area contributed by atoms with Crippen molar-refractivity contribution in [1.29, 1.82) is 0 Å². The highest BCUT2D eigenvalue weighted by Gasteiger charge is 2.29. The molecule has 2 heteroatoms. The van der Waals surface area contributed by atoms with Gasteiger partial charge in [-0.1, -0.05) is 19.3 Å². The Labute approximate surface area is 85.8 Å². The van der Waals surface area contributed by atoms with Crippen LogP contribution in [0.15, 0.2) is 0 Å². The summed E-state index contributed by atoms with van der Waals surface area (Å²) in [6, 6.07) is 0. The molecule has 0 amide bonds. The third-order valence-electron chi connectivity index (χ3n) is 3.56. The second kappa shape index (κ2) is 4.70. The van der Waals surface area contributed by atoms with Crippen molar-refractivity contribution in [3.8, 4) is 0 Å². The molecule has 13 heavy (non-hydrogen) atoms. The fourth-order valence-electron chi connectivity index (χ4n) is 2.72. The van der Waals surface area contributed by atoms with Crippen LogP contribution in [0.1, 0.15) is 44.9 Å². The Kier molecular flexibility index (Phi) is 3.56. The quantitative estimate of drug-likeness (QED) is 0.756. The Morgan fingerprint density at radius 3 is 2.46 bits per heavy atom. The van der Waals surface area contributed by atoms with E-state index in [-0.39, 0.29) is 0 Å². The van der Waals surface area contributed by atoms with Gasteiger partial charge in [-0.05, 0) is 38.1 Å². The van der Waals surface area contributed by atoms with E-state index in [1.54, 1.807) is 0 Å². The lowest BCUT2D eigenvalue weighted by Crippen LogP contribution is -2.21. The summed E-state index contributed by atoms with van der Waals surface area (Å²) in [6.07, 6.45) is 10.1. The summed E-state index contributed by atoms with van der Waals surface area (Å²) >= 11 is 2.27. The van der Waals surface area contributed by atoms with Gasteiger partial charge < -0.3 is 5.73 Å². The summed E-state index contributed by atoms with van der Waals surface area (Å²) in [5.74, 6) is 0.839. The lowest BCUT2D eigenvalue weighted by molar-refractivity contribution is 0.571. The van der Waals surface area contributed by atoms with Crippen molar-refractivity contribution in [2.45, 2.75) is 55.4 Å². The Balaban J connectivity index is 1.79. The fraction of sp³-hybridized carbons (Fsp3) is 1.00. The molecule has 0 aromatic heterocycles. The van der Waals surface area contributed by atoms with E-state index in [9.17, 15) is 0 Å². The fourth-order valence-corrected chi connectivity index (χ4v) is 4.60. The van der Waals surface area contributed by atoms with Gasteiger partial charge in [0.2, 0.25) is 0 Å². The number of nitrogens with two attached hydrogens (primary N) is 1. The predicted molar refractivity (Wildman–Crippen MR) is 60.0 cm³/mol. The zero-order chi connectivity index (χ0) is 9.10. The Bertz CT molecular complexity index is 154. The SMILES string of the molecule is NCC1CCCC1SC1CCCC1. The molecule has 2 saturated carbocycles. The monoisotopic (exact) mass is 199 g/mol. The highest BCUT2D eigenvalue weighted by Crippen LogP contribution is 2.41. The molecule has 0 heterocycles. The number of thioether (sulfide) groups is 1. The molecule has 0 radical (unpaired) electrons. The van der Waals surface area contributed by atoms with Gasteiger partial charge in [-0.3, -0.25) is 0 Å². The normalized spacial score (nSPS) is 35.8. The first-order chi connectivity index (χ1) is 6.40. The molecule has 2 N–H and O–H groups in total. The van der Waals surface area contributed by atoms with Crippen molar-refractivity contribution in [2.24, 2.45) is 11.7 Å². The van der Waals surface area contributed by atoms with Crippen molar-refractivity contribution in [2.75, 3.05) is 6.54 Å². The highest BCUT2D eigenvalue weighted by atomic mass is 32.2. The highest BCUT2D eigenvalue weighted by molar-refractivity contribution is 8.00. The van der Waals surface area contributed by atoms with Crippen LogP contribution < -0.4 is 5.73 Å². The lowest BCUT2D eigenvalue weighted by Gasteiger charge is -2.20. The molecule has 0 bridgehead atoms. The van der Waals surface area contributed by atoms with E-state index in [0.29, 0.717) is 0 Å². The summed E-state index contributed by atoms with van der Waals surface area (Å²) in [6.45, 7) is 0.921. The standard InChI is InChI=1S/C11H21NS/c12-8-9-4-3-7-11(9)13-10-5-1-2-6-10/h9-11H,1-8,12H2. The second-order valence-electron chi connectivity index (χ2n) is 4.51. The molecule has 0 saturated heterocycles. The van der Waals surface area contributed by atoms with Gasteiger partial charge in [-0.2, -0.15) is 11.8 Å². The van der Waals surface area contributed by atoms with Crippen LogP contribution >= 0.6 is 11.8 Å². The van der Waals surface area contributed by atoms with E-state index >= 15 is 0 Å². The molecule has 2 aliphatic carbocycles. The predicted octanol–water partition coefficient (Wildman–Crippen LogP) is 2.79. The summed E-state index contributed by atoms with van der Waals surface area (Å²) in [4.78, 5) is 0. The van der Waals surface area contributed by atoms with Crippen molar-refractivity contribution < 1.29 is 0 Å². The minimum Gasteiger partial charge on any atom is -0.330 e. The van der Waals surface area contributed by atoms with Crippen molar-refractivity contribution in [3.05, 3.63) is 0 Å². The first-order valence-corrected chi connectivity index (χ1v) is 6.70. The maximum absolute atomic E-state index is 5.79. The average molecular weight is 199 g/mol. The average Bonchev–Trinajstić information content (AvgIpc) is 2.76. The van der Waals surface area contributed by atoms with E-state index < -0.39 is 0 Å². The van der Waals surface area contributed by atoms with Crippen LogP contribution in [-0.2, 0) is 0 Å². The maximum Gasteiger partial charge on any atom is 0.00901 e. The van der Waals surface area contributed by atoms with Gasteiger partial charge in [-0.25, -0.2) is 0 Å². The van der Waals surface area contributed by atoms with Crippen LogP contribution in [0.25, 0.3) is 0 Å². The first kappa shape index (κ1) is 9.85. The van der Waals surface area contributed by atoms with Gasteiger partial charge in [0, 0.05) is 10.5 Å². The minimum absolute atomic E-state index is 0.839. The molecule has 0 aromatic rings. The van der Waals surface area contributed by atoms with Gasteiger partial charge in [-0.15, -0.1) is 0 Å². The topological polar surface area (TPSA) is 26.0 Å². The zero-order valence-electron chi connectivity index (χ0n) is 8.37. The van der Waals surface area contributed by atoms with E-state index in [2.05, 4.69) is 11.8 Å². The molecule has 0 aliphatic heterocycles. The van der Waals surface area contributed by atoms with Gasteiger partial charge in [0.1, 0.15) is 0 Å². The van der Waals surface area contributed by atoms with E-state index in [1.165, 1.54) is 44.9 Å². The molecule has 2 aliphatic rings. The first-order valence-electron chi connectivity index (χ1n) is 5.75. The summed E-state index contributed by atoms with van der Waals surface area (Å²) in [7, 11) is 0. The lowest BCUT2D eigenvalue weighted by atomic mass is 10.1. The van der Waals surface area contributed by atoms with Crippen molar-refractivity contribution in [1.82, 2.24) is 0 Å². The Morgan fingerprint density at radius 2 is 1.77 bits per heavy atom. The molecule has 2 fully saturated rings. The number of hydrogen-bond donors (Lipinski definition) is 1. The Hall–Kier alpha value is 0.310. The molecule has 2 rings (SSSR count). The van der Waals surface area contributed by atoms with E-state index in [0.717, 1.165) is 23.0 Å². The number of hydrogen-bond acceptors (Lipinski definition) is 2. The van der Waals surface area contributed by atoms with Crippen LogP contribution in [0.3, 0.4) is 0 Å². The molecule has 0 aromatic carbocycles. The van der Waals surface area contributed by atoms with E-state index in [4.69, 9.17) is 5.73 Å². The van der Waals surface area contributed by atoms with Gasteiger partial charge in [0.25, 0.3) is 0 Å². The van der Waals surface area contributed by atoms with Crippen LogP contribution in [0.5, 0.6) is 0 Å². The van der Waals surface area contributed by atoms with Crippen molar-refractivity contribution in [3.63, 3.8) is 0 Å². The molecule has 76 valence electrons. The molecular weight excluding hydrogens is 178 g/mol. The largest absolute Gasteiger partial charge is 0.330 e. The van der Waals surface area contributed by atoms with Crippen LogP contribution in [-0.4, -0.2) is 17.0 Å². The van der Waals surface area contributed by atoms with Crippen LogP contribution in [0.4, 0.5) is 0 Å². The zero-order valence-corrected chi connectivity index (χ0v) is 9.19. The third kappa shape index (κ3) is 2.41. The maximum atomic E-state index is 5.79. The minimum atomic E-state index is 0.839. The van der Waals surface area contributed by atoms with Crippen molar-refractivity contribution >= 4 is 11.8 Å². The third-order valence-corrected chi connectivity index (χ3v) is 5.39. The number of rotatable bonds is 3. The molecule has 0 spiro atoms.